The summed E-state index contributed by atoms with van der Waals surface area (Å²) in [6.45, 7) is 0.612. The number of benzene rings is 2. The Morgan fingerprint density at radius 3 is 2.37 bits per heavy atom. The van der Waals surface area contributed by atoms with Crippen LogP contribution in [0.2, 0.25) is 0 Å². The smallest absolute Gasteiger partial charge is 0.308 e. The molecule has 1 fully saturated rings. The molecular weight excluding hydrogens is 346 g/mol. The van der Waals surface area contributed by atoms with Gasteiger partial charge in [-0.3, -0.25) is 9.59 Å². The summed E-state index contributed by atoms with van der Waals surface area (Å²) in [5.74, 6) is -0.399. The highest BCUT2D eigenvalue weighted by Crippen LogP contribution is 2.34. The minimum Gasteiger partial charge on any atom is -0.497 e. The molecule has 0 bridgehead atoms. The molecule has 6 heteroatoms. The van der Waals surface area contributed by atoms with Crippen LogP contribution in [-0.4, -0.2) is 49.2 Å². The van der Waals surface area contributed by atoms with Crippen molar-refractivity contribution in [1.82, 2.24) is 4.90 Å². The van der Waals surface area contributed by atoms with Gasteiger partial charge in [0.2, 0.25) is 5.91 Å². The first-order valence-corrected chi connectivity index (χ1v) is 8.79. The number of nitrogens with zero attached hydrogens (tertiary/aromatic N) is 1. The molecular formula is C21H23NO5. The molecule has 27 heavy (non-hydrogen) atoms. The zero-order chi connectivity index (χ0) is 19.4. The third-order valence-electron chi connectivity index (χ3n) is 5.02. The minimum absolute atomic E-state index is 0.0782. The molecule has 1 amide bonds. The van der Waals surface area contributed by atoms with E-state index in [1.807, 2.05) is 48.5 Å². The predicted molar refractivity (Wildman–Crippen MR) is 100 cm³/mol. The molecule has 0 saturated carbocycles. The zero-order valence-electron chi connectivity index (χ0n) is 15.4. The third kappa shape index (κ3) is 4.22. The van der Waals surface area contributed by atoms with Gasteiger partial charge in [0.25, 0.3) is 0 Å². The summed E-state index contributed by atoms with van der Waals surface area (Å²) in [7, 11) is 3.17. The summed E-state index contributed by atoms with van der Waals surface area (Å²) < 4.78 is 10.4. The molecule has 0 unspecified atom stereocenters. The van der Waals surface area contributed by atoms with Crippen LogP contribution in [0.4, 0.5) is 0 Å². The van der Waals surface area contributed by atoms with E-state index in [1.54, 1.807) is 19.1 Å². The Bertz CT molecular complexity index is 818. The number of ether oxygens (including phenoxy) is 2. The van der Waals surface area contributed by atoms with E-state index in [-0.39, 0.29) is 24.8 Å². The van der Waals surface area contributed by atoms with Crippen LogP contribution in [0.3, 0.4) is 0 Å². The lowest BCUT2D eigenvalue weighted by Gasteiger charge is -2.17. The first-order chi connectivity index (χ1) is 13.0. The quantitative estimate of drug-likeness (QED) is 0.847. The molecule has 3 rings (SSSR count). The number of amides is 1. The Kier molecular flexibility index (Phi) is 5.64. The highest BCUT2D eigenvalue weighted by atomic mass is 16.5. The second kappa shape index (κ2) is 8.12. The van der Waals surface area contributed by atoms with E-state index in [0.717, 1.165) is 16.9 Å². The Hall–Kier alpha value is -3.02. The van der Waals surface area contributed by atoms with Crippen molar-refractivity contribution in [3.8, 4) is 11.5 Å². The number of carbonyl (C=O) groups excluding carboxylic acids is 1. The van der Waals surface area contributed by atoms with E-state index in [1.165, 1.54) is 0 Å². The summed E-state index contributed by atoms with van der Waals surface area (Å²) >= 11 is 0. The van der Waals surface area contributed by atoms with E-state index < -0.39 is 11.9 Å². The van der Waals surface area contributed by atoms with Crippen LogP contribution >= 0.6 is 0 Å². The van der Waals surface area contributed by atoms with E-state index in [2.05, 4.69) is 0 Å². The van der Waals surface area contributed by atoms with E-state index in [0.29, 0.717) is 12.3 Å². The number of hydrogen-bond donors (Lipinski definition) is 1. The third-order valence-corrected chi connectivity index (χ3v) is 5.02. The van der Waals surface area contributed by atoms with Crippen LogP contribution in [0.1, 0.15) is 17.0 Å². The van der Waals surface area contributed by atoms with Gasteiger partial charge in [-0.1, -0.05) is 24.3 Å². The lowest BCUT2D eigenvalue weighted by atomic mass is 9.89. The summed E-state index contributed by atoms with van der Waals surface area (Å²) in [6, 6.07) is 14.7. The molecule has 0 aliphatic carbocycles. The molecule has 1 aliphatic rings. The van der Waals surface area contributed by atoms with Gasteiger partial charge >= 0.3 is 5.97 Å². The summed E-state index contributed by atoms with van der Waals surface area (Å²) in [4.78, 5) is 26.1. The lowest BCUT2D eigenvalue weighted by molar-refractivity contribution is -0.141. The van der Waals surface area contributed by atoms with Crippen LogP contribution < -0.4 is 9.47 Å². The first-order valence-electron chi connectivity index (χ1n) is 8.79. The van der Waals surface area contributed by atoms with Crippen LogP contribution in [0.15, 0.2) is 48.5 Å². The Balaban J connectivity index is 1.74. The molecule has 2 aromatic carbocycles. The maximum absolute atomic E-state index is 12.7. The molecule has 6 nitrogen and oxygen atoms in total. The van der Waals surface area contributed by atoms with Crippen LogP contribution in [-0.2, 0) is 16.0 Å². The number of likely N-dealkylation sites (tertiary alicyclic amines) is 1. The largest absolute Gasteiger partial charge is 0.497 e. The fourth-order valence-electron chi connectivity index (χ4n) is 3.52. The molecule has 2 aromatic rings. The van der Waals surface area contributed by atoms with Crippen molar-refractivity contribution < 1.29 is 24.2 Å². The summed E-state index contributed by atoms with van der Waals surface area (Å²) in [5.41, 5.74) is 1.75. The highest BCUT2D eigenvalue weighted by Gasteiger charge is 2.40. The average molecular weight is 369 g/mol. The first kappa shape index (κ1) is 18.8. The van der Waals surface area contributed by atoms with Crippen LogP contribution in [0, 0.1) is 5.92 Å². The number of carbonyl (C=O) groups is 2. The van der Waals surface area contributed by atoms with E-state index >= 15 is 0 Å². The second-order valence-electron chi connectivity index (χ2n) is 6.65. The van der Waals surface area contributed by atoms with Crippen LogP contribution in [0.25, 0.3) is 0 Å². The van der Waals surface area contributed by atoms with Crippen molar-refractivity contribution in [2.24, 2.45) is 5.92 Å². The standard InChI is InChI=1S/C21H23NO5/c1-26-16-8-6-15(7-9-16)18-12-22(13-19(18)21(24)25)20(23)11-14-4-3-5-17(10-14)27-2/h3-10,18-19H,11-13H2,1-2H3,(H,24,25)/t18-,19+/m0/s1. The number of carboxylic acid groups (broad SMARTS) is 1. The molecule has 1 aliphatic heterocycles. The molecule has 0 aromatic heterocycles. The molecule has 0 radical (unpaired) electrons. The number of hydrogen-bond acceptors (Lipinski definition) is 4. The van der Waals surface area contributed by atoms with E-state index in [4.69, 9.17) is 9.47 Å². The van der Waals surface area contributed by atoms with Crippen molar-refractivity contribution in [3.05, 3.63) is 59.7 Å². The SMILES string of the molecule is COc1ccc([C@@H]2CN(C(=O)Cc3cccc(OC)c3)C[C@H]2C(=O)O)cc1. The lowest BCUT2D eigenvalue weighted by Crippen LogP contribution is -2.31. The van der Waals surface area contributed by atoms with Crippen molar-refractivity contribution in [3.63, 3.8) is 0 Å². The van der Waals surface area contributed by atoms with Gasteiger partial charge in [-0.05, 0) is 35.4 Å². The fraction of sp³-hybridized carbons (Fsp3) is 0.333. The molecule has 2 atom stereocenters. The van der Waals surface area contributed by atoms with Gasteiger partial charge in [-0.25, -0.2) is 0 Å². The minimum atomic E-state index is -0.882. The van der Waals surface area contributed by atoms with Crippen molar-refractivity contribution in [1.29, 1.82) is 0 Å². The Labute approximate surface area is 158 Å². The predicted octanol–water partition coefficient (Wildman–Crippen LogP) is 2.57. The van der Waals surface area contributed by atoms with Gasteiger partial charge in [0, 0.05) is 19.0 Å². The Morgan fingerprint density at radius 2 is 1.74 bits per heavy atom. The molecule has 1 heterocycles. The highest BCUT2D eigenvalue weighted by molar-refractivity contribution is 5.81. The van der Waals surface area contributed by atoms with Gasteiger partial charge in [0.05, 0.1) is 26.6 Å². The van der Waals surface area contributed by atoms with Gasteiger partial charge in [-0.15, -0.1) is 0 Å². The summed E-state index contributed by atoms with van der Waals surface area (Å²) in [6.07, 6.45) is 0.221. The topological polar surface area (TPSA) is 76.1 Å². The summed E-state index contributed by atoms with van der Waals surface area (Å²) in [5, 5.41) is 9.62. The number of rotatable bonds is 6. The van der Waals surface area contributed by atoms with Gasteiger partial charge in [-0.2, -0.15) is 0 Å². The van der Waals surface area contributed by atoms with Gasteiger partial charge < -0.3 is 19.5 Å². The van der Waals surface area contributed by atoms with Gasteiger partial charge in [0.15, 0.2) is 0 Å². The second-order valence-corrected chi connectivity index (χ2v) is 6.65. The maximum atomic E-state index is 12.7. The number of aliphatic carboxylic acids is 1. The Morgan fingerprint density at radius 1 is 1.04 bits per heavy atom. The maximum Gasteiger partial charge on any atom is 0.308 e. The van der Waals surface area contributed by atoms with Crippen molar-refractivity contribution >= 4 is 11.9 Å². The molecule has 1 N–H and O–H groups in total. The van der Waals surface area contributed by atoms with E-state index in [9.17, 15) is 14.7 Å². The molecule has 142 valence electrons. The molecule has 1 saturated heterocycles. The van der Waals surface area contributed by atoms with Crippen LogP contribution in [0.5, 0.6) is 11.5 Å². The fourth-order valence-corrected chi connectivity index (χ4v) is 3.52. The average Bonchev–Trinajstić information content (AvgIpc) is 3.14. The number of methoxy groups -OCH3 is 2. The zero-order valence-corrected chi connectivity index (χ0v) is 15.4. The molecule has 0 spiro atoms. The van der Waals surface area contributed by atoms with Crippen molar-refractivity contribution in [2.45, 2.75) is 12.3 Å². The normalized spacial score (nSPS) is 19.0. The van der Waals surface area contributed by atoms with Gasteiger partial charge in [0.1, 0.15) is 11.5 Å². The number of carboxylic acids is 1. The monoisotopic (exact) mass is 369 g/mol. The van der Waals surface area contributed by atoms with Crippen molar-refractivity contribution in [2.75, 3.05) is 27.3 Å².